The van der Waals surface area contributed by atoms with Crippen molar-refractivity contribution >= 4 is 11.3 Å². The van der Waals surface area contributed by atoms with Crippen molar-refractivity contribution in [3.05, 3.63) is 5.01 Å². The van der Waals surface area contributed by atoms with Crippen LogP contribution in [0, 0.1) is 0 Å². The van der Waals surface area contributed by atoms with Gasteiger partial charge in [0.15, 0.2) is 6.61 Å². The zero-order valence-electron chi connectivity index (χ0n) is 8.67. The first-order chi connectivity index (χ1) is 7.51. The van der Waals surface area contributed by atoms with Crippen molar-refractivity contribution in [2.24, 2.45) is 0 Å². The van der Waals surface area contributed by atoms with Gasteiger partial charge in [-0.05, 0) is 13.0 Å². The quantitative estimate of drug-likeness (QED) is 0.790. The molecule has 1 N–H and O–H groups in total. The van der Waals surface area contributed by atoms with Crippen molar-refractivity contribution < 1.29 is 17.9 Å². The topological polar surface area (TPSA) is 47.0 Å². The van der Waals surface area contributed by atoms with Gasteiger partial charge in [-0.15, -0.1) is 10.2 Å². The number of nitrogens with one attached hydrogen (secondary N) is 1. The molecule has 1 aromatic rings. The van der Waals surface area contributed by atoms with Gasteiger partial charge in [-0.2, -0.15) is 13.2 Å². The summed E-state index contributed by atoms with van der Waals surface area (Å²) in [6.07, 6.45) is -3.36. The van der Waals surface area contributed by atoms with Crippen LogP contribution < -0.4 is 10.1 Å². The third-order valence-electron chi connectivity index (χ3n) is 1.51. The molecule has 0 aliphatic heterocycles. The average molecular weight is 255 g/mol. The van der Waals surface area contributed by atoms with E-state index in [9.17, 15) is 13.2 Å². The van der Waals surface area contributed by atoms with Gasteiger partial charge in [0.1, 0.15) is 5.01 Å². The highest BCUT2D eigenvalue weighted by atomic mass is 32.1. The van der Waals surface area contributed by atoms with Crippen LogP contribution in [0.3, 0.4) is 0 Å². The summed E-state index contributed by atoms with van der Waals surface area (Å²) in [4.78, 5) is 0. The second-order valence-electron chi connectivity index (χ2n) is 3.04. The molecule has 0 radical (unpaired) electrons. The van der Waals surface area contributed by atoms with Gasteiger partial charge in [-0.1, -0.05) is 18.3 Å². The Morgan fingerprint density at radius 2 is 2.12 bits per heavy atom. The van der Waals surface area contributed by atoms with Crippen LogP contribution in [0.4, 0.5) is 13.2 Å². The number of hydrogen-bond acceptors (Lipinski definition) is 5. The number of halogens is 3. The van der Waals surface area contributed by atoms with E-state index in [0.717, 1.165) is 24.3 Å². The lowest BCUT2D eigenvalue weighted by atomic mass is 10.5. The van der Waals surface area contributed by atoms with E-state index in [1.54, 1.807) is 0 Å². The predicted octanol–water partition coefficient (Wildman–Crippen LogP) is 1.98. The van der Waals surface area contributed by atoms with E-state index >= 15 is 0 Å². The molecule has 16 heavy (non-hydrogen) atoms. The van der Waals surface area contributed by atoms with Crippen molar-refractivity contribution in [1.29, 1.82) is 0 Å². The maximum absolute atomic E-state index is 11.8. The zero-order chi connectivity index (χ0) is 12.0. The first kappa shape index (κ1) is 13.2. The largest absolute Gasteiger partial charge is 0.459 e. The van der Waals surface area contributed by atoms with Crippen molar-refractivity contribution in [2.75, 3.05) is 13.2 Å². The van der Waals surface area contributed by atoms with E-state index < -0.39 is 12.8 Å². The third-order valence-corrected chi connectivity index (χ3v) is 2.35. The normalized spacial score (nSPS) is 11.8. The van der Waals surface area contributed by atoms with E-state index in [1.807, 2.05) is 6.92 Å². The van der Waals surface area contributed by atoms with Crippen molar-refractivity contribution in [2.45, 2.75) is 26.1 Å². The van der Waals surface area contributed by atoms with Crippen molar-refractivity contribution in [3.63, 3.8) is 0 Å². The Morgan fingerprint density at radius 3 is 2.75 bits per heavy atom. The highest BCUT2D eigenvalue weighted by Gasteiger charge is 2.29. The molecule has 8 heteroatoms. The second-order valence-corrected chi connectivity index (χ2v) is 4.07. The minimum Gasteiger partial charge on any atom is -0.459 e. The van der Waals surface area contributed by atoms with Crippen LogP contribution in [-0.4, -0.2) is 29.5 Å². The summed E-state index contributed by atoms with van der Waals surface area (Å²) in [5.74, 6) is 0. The molecular formula is C8H12F3N3OS. The van der Waals surface area contributed by atoms with E-state index in [1.165, 1.54) is 0 Å². The second kappa shape index (κ2) is 6.00. The molecule has 0 unspecified atom stereocenters. The Kier molecular flexibility index (Phi) is 4.94. The van der Waals surface area contributed by atoms with Crippen LogP contribution >= 0.6 is 11.3 Å². The van der Waals surface area contributed by atoms with Gasteiger partial charge in [0, 0.05) is 6.54 Å². The molecule has 0 bridgehead atoms. The molecule has 0 aliphatic rings. The van der Waals surface area contributed by atoms with E-state index in [-0.39, 0.29) is 5.19 Å². The van der Waals surface area contributed by atoms with Crippen molar-refractivity contribution in [3.8, 4) is 5.19 Å². The summed E-state index contributed by atoms with van der Waals surface area (Å²) in [6, 6.07) is 0. The fourth-order valence-corrected chi connectivity index (χ4v) is 1.54. The average Bonchev–Trinajstić information content (AvgIpc) is 2.62. The number of alkyl halides is 3. The number of nitrogens with zero attached hydrogens (tertiary/aromatic N) is 2. The van der Waals surface area contributed by atoms with Gasteiger partial charge in [0.2, 0.25) is 0 Å². The Morgan fingerprint density at radius 1 is 1.38 bits per heavy atom. The van der Waals surface area contributed by atoms with E-state index in [4.69, 9.17) is 0 Å². The predicted molar refractivity (Wildman–Crippen MR) is 53.5 cm³/mol. The van der Waals surface area contributed by atoms with Crippen molar-refractivity contribution in [1.82, 2.24) is 15.5 Å². The fraction of sp³-hybridized carbons (Fsp3) is 0.750. The fourth-order valence-electron chi connectivity index (χ4n) is 0.884. The smallest absolute Gasteiger partial charge is 0.422 e. The maximum Gasteiger partial charge on any atom is 0.422 e. The molecule has 1 rings (SSSR count). The van der Waals surface area contributed by atoms with Crippen LogP contribution in [0.15, 0.2) is 0 Å². The Balaban J connectivity index is 2.33. The summed E-state index contributed by atoms with van der Waals surface area (Å²) < 4.78 is 39.9. The maximum atomic E-state index is 11.8. The van der Waals surface area contributed by atoms with Crippen LogP contribution in [0.2, 0.25) is 0 Å². The summed E-state index contributed by atoms with van der Waals surface area (Å²) >= 11 is 1.02. The number of rotatable bonds is 6. The van der Waals surface area contributed by atoms with Crippen LogP contribution in [-0.2, 0) is 6.54 Å². The van der Waals surface area contributed by atoms with Gasteiger partial charge in [0.05, 0.1) is 0 Å². The summed E-state index contributed by atoms with van der Waals surface area (Å²) in [6.45, 7) is 2.02. The molecule has 0 saturated carbocycles. The zero-order valence-corrected chi connectivity index (χ0v) is 9.49. The van der Waals surface area contributed by atoms with Gasteiger partial charge in [-0.25, -0.2) is 0 Å². The summed E-state index contributed by atoms with van der Waals surface area (Å²) in [5, 5.41) is 10.8. The molecule has 1 heterocycles. The van der Waals surface area contributed by atoms with Crippen LogP contribution in [0.1, 0.15) is 18.4 Å². The Bertz CT molecular complexity index is 316. The molecule has 0 spiro atoms. The Labute approximate surface area is 94.8 Å². The van der Waals surface area contributed by atoms with E-state index in [0.29, 0.717) is 11.6 Å². The molecule has 92 valence electrons. The van der Waals surface area contributed by atoms with Gasteiger partial charge < -0.3 is 10.1 Å². The van der Waals surface area contributed by atoms with Crippen LogP contribution in [0.25, 0.3) is 0 Å². The first-order valence-electron chi connectivity index (χ1n) is 4.74. The molecule has 1 aromatic heterocycles. The monoisotopic (exact) mass is 255 g/mol. The van der Waals surface area contributed by atoms with Gasteiger partial charge in [0.25, 0.3) is 5.19 Å². The number of ether oxygens (including phenoxy) is 1. The SMILES string of the molecule is CCCNCc1nnc(OCC(F)(F)F)s1. The highest BCUT2D eigenvalue weighted by molar-refractivity contribution is 7.13. The number of aromatic nitrogens is 2. The lowest BCUT2D eigenvalue weighted by Crippen LogP contribution is -2.19. The molecule has 0 atom stereocenters. The lowest BCUT2D eigenvalue weighted by Gasteiger charge is -2.04. The minimum absolute atomic E-state index is 0.0503. The molecule has 0 aliphatic carbocycles. The first-order valence-corrected chi connectivity index (χ1v) is 5.55. The van der Waals surface area contributed by atoms with E-state index in [2.05, 4.69) is 20.3 Å². The summed E-state index contributed by atoms with van der Waals surface area (Å²) in [5.41, 5.74) is 0. The van der Waals surface area contributed by atoms with Gasteiger partial charge >= 0.3 is 6.18 Å². The third kappa shape index (κ3) is 5.26. The standard InChI is InChI=1S/C8H12F3N3OS/c1-2-3-12-4-6-13-14-7(16-6)15-5-8(9,10)11/h12H,2-5H2,1H3. The minimum atomic E-state index is -4.34. The summed E-state index contributed by atoms with van der Waals surface area (Å²) in [7, 11) is 0. The lowest BCUT2D eigenvalue weighted by molar-refractivity contribution is -0.153. The molecule has 0 amide bonds. The molecular weight excluding hydrogens is 243 g/mol. The Hall–Kier alpha value is -0.890. The molecule has 0 saturated heterocycles. The van der Waals surface area contributed by atoms with Gasteiger partial charge in [-0.3, -0.25) is 0 Å². The molecule has 0 aromatic carbocycles. The number of hydrogen-bond donors (Lipinski definition) is 1. The highest BCUT2D eigenvalue weighted by Crippen LogP contribution is 2.21. The molecule has 4 nitrogen and oxygen atoms in total. The van der Waals surface area contributed by atoms with Crippen LogP contribution in [0.5, 0.6) is 5.19 Å². The molecule has 0 fully saturated rings.